The van der Waals surface area contributed by atoms with Gasteiger partial charge in [0.2, 0.25) is 0 Å². The van der Waals surface area contributed by atoms with Crippen LogP contribution < -0.4 is 10.1 Å². The quantitative estimate of drug-likeness (QED) is 0.806. The van der Waals surface area contributed by atoms with E-state index in [2.05, 4.69) is 12.2 Å². The number of ether oxygens (including phenoxy) is 1. The first kappa shape index (κ1) is 17.8. The number of aliphatic hydroxyl groups is 1. The highest BCUT2D eigenvalue weighted by Gasteiger charge is 2.25. The van der Waals surface area contributed by atoms with Crippen LogP contribution in [0.4, 0.5) is 0 Å². The van der Waals surface area contributed by atoms with Gasteiger partial charge < -0.3 is 20.1 Å². The van der Waals surface area contributed by atoms with E-state index in [-0.39, 0.29) is 24.7 Å². The summed E-state index contributed by atoms with van der Waals surface area (Å²) in [4.78, 5) is 13.1. The standard InChI is InChI=1S/C18H28N2O3/c1-13(19-11-15-7-5-9-17(15)21)14-6-4-8-16(10-14)23-12-18(22)20(2)3/h4,6,8,10,13,15,17,19,21H,5,7,9,11-12H2,1-3H3. The molecule has 1 amide bonds. The van der Waals surface area contributed by atoms with Crippen LogP contribution in [-0.2, 0) is 4.79 Å². The fraction of sp³-hybridized carbons (Fsp3) is 0.611. The Kier molecular flexibility index (Phi) is 6.42. The number of aliphatic hydroxyl groups excluding tert-OH is 1. The second-order valence-corrected chi connectivity index (χ2v) is 6.54. The number of rotatable bonds is 7. The summed E-state index contributed by atoms with van der Waals surface area (Å²) in [6.07, 6.45) is 2.97. The average Bonchev–Trinajstić information content (AvgIpc) is 2.95. The van der Waals surface area contributed by atoms with E-state index in [4.69, 9.17) is 4.74 Å². The van der Waals surface area contributed by atoms with Crippen molar-refractivity contribution in [3.8, 4) is 5.75 Å². The van der Waals surface area contributed by atoms with Crippen LogP contribution in [0.2, 0.25) is 0 Å². The van der Waals surface area contributed by atoms with Crippen LogP contribution in [0.3, 0.4) is 0 Å². The number of carbonyl (C=O) groups excluding carboxylic acids is 1. The molecular weight excluding hydrogens is 292 g/mol. The minimum absolute atomic E-state index is 0.0481. The molecule has 128 valence electrons. The van der Waals surface area contributed by atoms with Gasteiger partial charge >= 0.3 is 0 Å². The molecule has 0 bridgehead atoms. The summed E-state index contributed by atoms with van der Waals surface area (Å²) in [5.41, 5.74) is 1.12. The van der Waals surface area contributed by atoms with E-state index >= 15 is 0 Å². The zero-order chi connectivity index (χ0) is 16.8. The largest absolute Gasteiger partial charge is 0.484 e. The third-order valence-electron chi connectivity index (χ3n) is 4.52. The molecule has 3 atom stereocenters. The molecule has 0 spiro atoms. The van der Waals surface area contributed by atoms with Crippen molar-refractivity contribution in [1.29, 1.82) is 0 Å². The maximum atomic E-state index is 11.6. The van der Waals surface area contributed by atoms with Crippen molar-refractivity contribution >= 4 is 5.91 Å². The van der Waals surface area contributed by atoms with E-state index in [9.17, 15) is 9.90 Å². The molecule has 23 heavy (non-hydrogen) atoms. The first-order valence-electron chi connectivity index (χ1n) is 8.31. The van der Waals surface area contributed by atoms with Crippen LogP contribution in [0.15, 0.2) is 24.3 Å². The highest BCUT2D eigenvalue weighted by molar-refractivity contribution is 5.77. The van der Waals surface area contributed by atoms with Crippen LogP contribution in [0.5, 0.6) is 5.75 Å². The van der Waals surface area contributed by atoms with Gasteiger partial charge in [0, 0.05) is 26.7 Å². The molecule has 1 aromatic carbocycles. The van der Waals surface area contributed by atoms with Crippen LogP contribution >= 0.6 is 0 Å². The Balaban J connectivity index is 1.86. The van der Waals surface area contributed by atoms with Gasteiger partial charge in [0.15, 0.2) is 6.61 Å². The second kappa shape index (κ2) is 8.31. The number of benzene rings is 1. The molecule has 0 heterocycles. The summed E-state index contributed by atoms with van der Waals surface area (Å²) in [5.74, 6) is 0.999. The van der Waals surface area contributed by atoms with Gasteiger partial charge in [-0.2, -0.15) is 0 Å². The van der Waals surface area contributed by atoms with Crippen LogP contribution in [-0.4, -0.2) is 49.3 Å². The maximum absolute atomic E-state index is 11.6. The molecule has 0 aliphatic heterocycles. The molecule has 0 radical (unpaired) electrons. The van der Waals surface area contributed by atoms with Gasteiger partial charge in [-0.1, -0.05) is 18.6 Å². The van der Waals surface area contributed by atoms with Gasteiger partial charge in [-0.05, 0) is 43.4 Å². The zero-order valence-corrected chi connectivity index (χ0v) is 14.3. The van der Waals surface area contributed by atoms with Crippen LogP contribution in [0.25, 0.3) is 0 Å². The average molecular weight is 320 g/mol. The molecule has 1 aliphatic carbocycles. The van der Waals surface area contributed by atoms with Gasteiger partial charge in [0.25, 0.3) is 5.91 Å². The number of likely N-dealkylation sites (N-methyl/N-ethyl adjacent to an activating group) is 1. The molecule has 1 aliphatic rings. The Morgan fingerprint density at radius 1 is 1.43 bits per heavy atom. The molecule has 1 saturated carbocycles. The van der Waals surface area contributed by atoms with E-state index < -0.39 is 0 Å². The highest BCUT2D eigenvalue weighted by Crippen LogP contribution is 2.26. The van der Waals surface area contributed by atoms with Crippen molar-refractivity contribution in [3.05, 3.63) is 29.8 Å². The van der Waals surface area contributed by atoms with E-state index in [0.29, 0.717) is 11.7 Å². The van der Waals surface area contributed by atoms with Crippen LogP contribution in [0, 0.1) is 5.92 Å². The summed E-state index contributed by atoms with van der Waals surface area (Å²) in [7, 11) is 3.43. The smallest absolute Gasteiger partial charge is 0.259 e. The normalized spacial score (nSPS) is 21.9. The Morgan fingerprint density at radius 2 is 2.22 bits per heavy atom. The van der Waals surface area contributed by atoms with E-state index in [0.717, 1.165) is 31.4 Å². The molecule has 2 rings (SSSR count). The molecule has 5 heteroatoms. The molecule has 2 N–H and O–H groups in total. The predicted octanol–water partition coefficient (Wildman–Crippen LogP) is 1.97. The topological polar surface area (TPSA) is 61.8 Å². The van der Waals surface area contributed by atoms with Gasteiger partial charge in [0.05, 0.1) is 6.10 Å². The summed E-state index contributed by atoms with van der Waals surface area (Å²) >= 11 is 0. The fourth-order valence-electron chi connectivity index (χ4n) is 2.85. The van der Waals surface area contributed by atoms with Crippen molar-refractivity contribution in [2.45, 2.75) is 38.3 Å². The van der Waals surface area contributed by atoms with Gasteiger partial charge in [-0.15, -0.1) is 0 Å². The SMILES string of the molecule is CC(NCC1CCCC1O)c1cccc(OCC(=O)N(C)C)c1. The lowest BCUT2D eigenvalue weighted by Gasteiger charge is -2.20. The third kappa shape index (κ3) is 5.22. The van der Waals surface area contributed by atoms with Crippen molar-refractivity contribution in [2.75, 3.05) is 27.2 Å². The summed E-state index contributed by atoms with van der Waals surface area (Å²) in [6, 6.07) is 7.98. The zero-order valence-electron chi connectivity index (χ0n) is 14.3. The lowest BCUT2D eigenvalue weighted by atomic mass is 10.0. The predicted molar refractivity (Wildman–Crippen MR) is 90.4 cm³/mol. The summed E-state index contributed by atoms with van der Waals surface area (Å²) < 4.78 is 5.56. The third-order valence-corrected chi connectivity index (χ3v) is 4.52. The van der Waals surface area contributed by atoms with Gasteiger partial charge in [-0.25, -0.2) is 0 Å². The number of carbonyl (C=O) groups is 1. The van der Waals surface area contributed by atoms with E-state index in [1.807, 2.05) is 24.3 Å². The first-order chi connectivity index (χ1) is 11.0. The second-order valence-electron chi connectivity index (χ2n) is 6.54. The van der Waals surface area contributed by atoms with Gasteiger partial charge in [-0.3, -0.25) is 4.79 Å². The maximum Gasteiger partial charge on any atom is 0.259 e. The summed E-state index contributed by atoms with van der Waals surface area (Å²) in [6.45, 7) is 2.98. The highest BCUT2D eigenvalue weighted by atomic mass is 16.5. The molecule has 5 nitrogen and oxygen atoms in total. The van der Waals surface area contributed by atoms with E-state index in [1.54, 1.807) is 14.1 Å². The van der Waals surface area contributed by atoms with E-state index in [1.165, 1.54) is 4.90 Å². The minimum atomic E-state index is -0.165. The Hall–Kier alpha value is -1.59. The number of nitrogens with one attached hydrogen (secondary N) is 1. The van der Waals surface area contributed by atoms with Gasteiger partial charge in [0.1, 0.15) is 5.75 Å². The van der Waals surface area contributed by atoms with Crippen molar-refractivity contribution < 1.29 is 14.6 Å². The molecule has 1 fully saturated rings. The first-order valence-corrected chi connectivity index (χ1v) is 8.31. The fourth-order valence-corrected chi connectivity index (χ4v) is 2.85. The van der Waals surface area contributed by atoms with Crippen molar-refractivity contribution in [3.63, 3.8) is 0 Å². The minimum Gasteiger partial charge on any atom is -0.484 e. The molecular formula is C18H28N2O3. The number of hydrogen-bond donors (Lipinski definition) is 2. The van der Waals surface area contributed by atoms with Crippen LogP contribution in [0.1, 0.15) is 37.8 Å². The Labute approximate surface area is 138 Å². The Bertz CT molecular complexity index is 519. The molecule has 0 aromatic heterocycles. The summed E-state index contributed by atoms with van der Waals surface area (Å²) in [5, 5.41) is 13.4. The Morgan fingerprint density at radius 3 is 2.87 bits per heavy atom. The molecule has 3 unspecified atom stereocenters. The number of amides is 1. The molecule has 0 saturated heterocycles. The lowest BCUT2D eigenvalue weighted by molar-refractivity contribution is -0.130. The molecule has 1 aromatic rings. The number of hydrogen-bond acceptors (Lipinski definition) is 4. The lowest BCUT2D eigenvalue weighted by Crippen LogP contribution is -2.29. The number of nitrogens with zero attached hydrogens (tertiary/aromatic N) is 1. The van der Waals surface area contributed by atoms with Crippen molar-refractivity contribution in [2.24, 2.45) is 5.92 Å². The monoisotopic (exact) mass is 320 g/mol. The van der Waals surface area contributed by atoms with Crippen molar-refractivity contribution in [1.82, 2.24) is 10.2 Å².